The molecule has 0 radical (unpaired) electrons. The van der Waals surface area contributed by atoms with Gasteiger partial charge in [-0.25, -0.2) is 13.8 Å². The molecule has 2 N–H and O–H groups in total. The van der Waals surface area contributed by atoms with Crippen LogP contribution in [0, 0.1) is 5.82 Å². The van der Waals surface area contributed by atoms with Crippen molar-refractivity contribution in [1.82, 2.24) is 25.2 Å². The molecule has 1 amide bonds. The Bertz CT molecular complexity index is 1290. The third kappa shape index (κ3) is 4.68. The Kier molecular flexibility index (Phi) is 5.44. The van der Waals surface area contributed by atoms with Gasteiger partial charge in [0.05, 0.1) is 24.9 Å². The largest absolute Gasteiger partial charge is 0.470 e. The molecule has 1 atom stereocenters. The number of carbonyl (C=O) groups excluding carboxylic acids is 1. The molecule has 34 heavy (non-hydrogen) atoms. The van der Waals surface area contributed by atoms with Crippen molar-refractivity contribution in [2.24, 2.45) is 7.05 Å². The molecule has 1 aliphatic carbocycles. The molecule has 14 heteroatoms. The number of aryl methyl sites for hydroxylation is 1. The second kappa shape index (κ2) is 8.20. The summed E-state index contributed by atoms with van der Waals surface area (Å²) in [6.07, 6.45) is 1.30. The number of anilines is 1. The van der Waals surface area contributed by atoms with Crippen molar-refractivity contribution in [2.45, 2.75) is 31.0 Å². The number of tetrazole rings is 1. The van der Waals surface area contributed by atoms with E-state index in [-0.39, 0.29) is 13.0 Å². The van der Waals surface area contributed by atoms with Gasteiger partial charge in [0.2, 0.25) is 5.82 Å². The standard InChI is InChI=1S/C20H20FN6O6P/c1-26-24-18(23-25-26)17-5-2-12(10-22-17)15-4-3-13(8-16(15)21)27-11-14(32-19(27)28)9-20(6-7-20)33-34(29,30)31/h2-5,8,10,14H,6-7,9,11H2,1H3,(H2,29,30,31)/t14-/m1/s1. The SMILES string of the molecule is Cn1nnc(-c2ccc(-c3ccc(N4C[C@@H](CC5(OP(=O)(O)O)CC5)OC4=O)cc3F)cn2)n1. The number of carbonyl (C=O) groups is 1. The lowest BCUT2D eigenvalue weighted by molar-refractivity contribution is 0.0629. The van der Waals surface area contributed by atoms with E-state index in [2.05, 4.69) is 20.4 Å². The number of phosphoric ester groups is 1. The summed E-state index contributed by atoms with van der Waals surface area (Å²) >= 11 is 0. The Morgan fingerprint density at radius 3 is 2.68 bits per heavy atom. The van der Waals surface area contributed by atoms with E-state index in [1.54, 1.807) is 31.3 Å². The number of hydrogen-bond acceptors (Lipinski definition) is 8. The van der Waals surface area contributed by atoms with Crippen molar-refractivity contribution in [3.05, 3.63) is 42.3 Å². The maximum atomic E-state index is 15.0. The molecule has 2 aromatic heterocycles. The van der Waals surface area contributed by atoms with Gasteiger partial charge in [0, 0.05) is 23.7 Å². The molecular formula is C20H20FN6O6P. The lowest BCUT2D eigenvalue weighted by Crippen LogP contribution is -2.27. The average Bonchev–Trinajstić information content (AvgIpc) is 3.18. The van der Waals surface area contributed by atoms with Gasteiger partial charge in [0.15, 0.2) is 0 Å². The van der Waals surface area contributed by atoms with Crippen LogP contribution in [0.25, 0.3) is 22.6 Å². The van der Waals surface area contributed by atoms with Crippen LogP contribution in [0.2, 0.25) is 0 Å². The zero-order chi connectivity index (χ0) is 24.1. The number of rotatable bonds is 7. The first-order chi connectivity index (χ1) is 16.1. The quantitative estimate of drug-likeness (QED) is 0.472. The molecule has 12 nitrogen and oxygen atoms in total. The number of nitrogens with zero attached hydrogens (tertiary/aromatic N) is 6. The molecule has 1 saturated heterocycles. The minimum Gasteiger partial charge on any atom is -0.444 e. The molecule has 2 fully saturated rings. The molecular weight excluding hydrogens is 470 g/mol. The number of phosphoric acid groups is 1. The molecule has 0 unspecified atom stereocenters. The van der Waals surface area contributed by atoms with Crippen molar-refractivity contribution < 1.29 is 32.8 Å². The second-order valence-corrected chi connectivity index (χ2v) is 9.45. The van der Waals surface area contributed by atoms with Crippen LogP contribution >= 0.6 is 7.82 Å². The van der Waals surface area contributed by atoms with Gasteiger partial charge in [-0.05, 0) is 42.3 Å². The Morgan fingerprint density at radius 1 is 1.29 bits per heavy atom. The summed E-state index contributed by atoms with van der Waals surface area (Å²) < 4.78 is 36.4. The average molecular weight is 490 g/mol. The highest BCUT2D eigenvalue weighted by Gasteiger charge is 2.52. The number of benzene rings is 1. The Morgan fingerprint density at radius 2 is 2.09 bits per heavy atom. The zero-order valence-corrected chi connectivity index (χ0v) is 18.8. The number of amides is 1. The van der Waals surface area contributed by atoms with Crippen LogP contribution in [-0.4, -0.2) is 59.3 Å². The molecule has 0 spiro atoms. The van der Waals surface area contributed by atoms with Gasteiger partial charge in [-0.15, -0.1) is 10.2 Å². The third-order valence-electron chi connectivity index (χ3n) is 5.67. The van der Waals surface area contributed by atoms with Crippen molar-refractivity contribution in [3.63, 3.8) is 0 Å². The highest BCUT2D eigenvalue weighted by Crippen LogP contribution is 2.55. The smallest absolute Gasteiger partial charge is 0.444 e. The Labute approximate surface area is 192 Å². The summed E-state index contributed by atoms with van der Waals surface area (Å²) in [6, 6.07) is 7.72. The molecule has 178 valence electrons. The van der Waals surface area contributed by atoms with Gasteiger partial charge in [-0.1, -0.05) is 6.07 Å². The molecule has 5 rings (SSSR count). The number of cyclic esters (lactones) is 1. The second-order valence-electron chi connectivity index (χ2n) is 8.28. The topological polar surface area (TPSA) is 153 Å². The maximum absolute atomic E-state index is 15.0. The highest BCUT2D eigenvalue weighted by atomic mass is 31.2. The molecule has 3 aromatic rings. The van der Waals surface area contributed by atoms with Gasteiger partial charge < -0.3 is 14.5 Å². The first kappa shape index (κ1) is 22.5. The van der Waals surface area contributed by atoms with Crippen molar-refractivity contribution in [1.29, 1.82) is 0 Å². The number of hydrogen-bond donors (Lipinski definition) is 2. The first-order valence-electron chi connectivity index (χ1n) is 10.4. The lowest BCUT2D eigenvalue weighted by atomic mass is 10.1. The fourth-order valence-electron chi connectivity index (χ4n) is 3.96. The lowest BCUT2D eigenvalue weighted by Gasteiger charge is -2.19. The third-order valence-corrected chi connectivity index (χ3v) is 6.30. The van der Waals surface area contributed by atoms with Crippen molar-refractivity contribution >= 4 is 19.6 Å². The highest BCUT2D eigenvalue weighted by molar-refractivity contribution is 7.46. The van der Waals surface area contributed by atoms with E-state index in [4.69, 9.17) is 19.0 Å². The van der Waals surface area contributed by atoms with E-state index in [9.17, 15) is 13.8 Å². The Balaban J connectivity index is 1.29. The molecule has 0 bridgehead atoms. The summed E-state index contributed by atoms with van der Waals surface area (Å²) in [4.78, 5) is 37.4. The predicted octanol–water partition coefficient (Wildman–Crippen LogP) is 2.44. The van der Waals surface area contributed by atoms with Gasteiger partial charge in [-0.3, -0.25) is 14.4 Å². The fraction of sp³-hybridized carbons (Fsp3) is 0.350. The monoisotopic (exact) mass is 490 g/mol. The van der Waals surface area contributed by atoms with Gasteiger partial charge in [-0.2, -0.15) is 4.80 Å². The van der Waals surface area contributed by atoms with Crippen LogP contribution in [0.5, 0.6) is 0 Å². The maximum Gasteiger partial charge on any atom is 0.470 e. The normalized spacial score (nSPS) is 19.4. The van der Waals surface area contributed by atoms with Crippen LogP contribution in [0.3, 0.4) is 0 Å². The molecule has 3 heterocycles. The Hall–Kier alpha value is -3.25. The van der Waals surface area contributed by atoms with Crippen LogP contribution in [-0.2, 0) is 20.9 Å². The minimum atomic E-state index is -4.65. The molecule has 1 saturated carbocycles. The van der Waals surface area contributed by atoms with E-state index < -0.39 is 31.4 Å². The van der Waals surface area contributed by atoms with Gasteiger partial charge in [0.25, 0.3) is 0 Å². The summed E-state index contributed by atoms with van der Waals surface area (Å²) in [5.74, 6) is -0.199. The number of halogens is 1. The first-order valence-corrected chi connectivity index (χ1v) is 11.9. The van der Waals surface area contributed by atoms with Crippen LogP contribution < -0.4 is 4.90 Å². The number of aromatic nitrogens is 5. The van der Waals surface area contributed by atoms with Crippen LogP contribution in [0.4, 0.5) is 14.9 Å². The van der Waals surface area contributed by atoms with E-state index in [1.807, 2.05) is 0 Å². The molecule has 2 aliphatic rings. The molecule has 1 aromatic carbocycles. The summed E-state index contributed by atoms with van der Waals surface area (Å²) in [5.41, 5.74) is 0.642. The van der Waals surface area contributed by atoms with E-state index in [0.29, 0.717) is 41.2 Å². The van der Waals surface area contributed by atoms with Gasteiger partial charge >= 0.3 is 13.9 Å². The van der Waals surface area contributed by atoms with E-state index >= 15 is 0 Å². The fourth-order valence-corrected chi connectivity index (χ4v) is 4.72. The molecule has 1 aliphatic heterocycles. The van der Waals surface area contributed by atoms with Gasteiger partial charge in [0.1, 0.15) is 17.6 Å². The summed E-state index contributed by atoms with van der Waals surface area (Å²) in [6.45, 7) is 0.116. The van der Waals surface area contributed by atoms with Crippen molar-refractivity contribution in [3.8, 4) is 22.6 Å². The van der Waals surface area contributed by atoms with Crippen LogP contribution in [0.15, 0.2) is 36.5 Å². The summed E-state index contributed by atoms with van der Waals surface area (Å²) in [7, 11) is -3.01. The minimum absolute atomic E-state index is 0.116. The van der Waals surface area contributed by atoms with Crippen LogP contribution in [0.1, 0.15) is 19.3 Å². The van der Waals surface area contributed by atoms with E-state index in [0.717, 1.165) is 0 Å². The number of pyridine rings is 1. The van der Waals surface area contributed by atoms with Crippen molar-refractivity contribution in [2.75, 3.05) is 11.4 Å². The van der Waals surface area contributed by atoms with E-state index in [1.165, 1.54) is 22.0 Å². The summed E-state index contributed by atoms with van der Waals surface area (Å²) in [5, 5.41) is 11.7. The zero-order valence-electron chi connectivity index (χ0n) is 17.9. The number of ether oxygens (including phenoxy) is 1. The predicted molar refractivity (Wildman–Crippen MR) is 115 cm³/mol.